The summed E-state index contributed by atoms with van der Waals surface area (Å²) in [6.07, 6.45) is -0.357. The van der Waals surface area contributed by atoms with E-state index in [9.17, 15) is 4.57 Å². The van der Waals surface area contributed by atoms with Gasteiger partial charge in [-0.05, 0) is 27.7 Å². The average molecular weight is 254 g/mol. The van der Waals surface area contributed by atoms with Gasteiger partial charge in [0.25, 0.3) is 0 Å². The molecule has 0 saturated heterocycles. The first-order valence-electron chi connectivity index (χ1n) is 4.68. The highest BCUT2D eigenvalue weighted by Crippen LogP contribution is 2.52. The number of nitrogens with two attached hydrogens (primary N) is 1. The zero-order chi connectivity index (χ0) is 12.1. The molecule has 0 aromatic heterocycles. The molecule has 0 heterocycles. The predicted octanol–water partition coefficient (Wildman–Crippen LogP) is 2.61. The molecule has 0 aromatic carbocycles. The number of hydrogen-bond acceptors (Lipinski definition) is 5. The van der Waals surface area contributed by atoms with Gasteiger partial charge in [-0.15, -0.1) is 0 Å². The standard InChI is InChI=1S/C8H19N2O3PS/c1-6(2)12-14(11,13-7(3)4)5-15-8(9)10/h6-7H,5H2,1-4H3,(H3,9,10). The van der Waals surface area contributed by atoms with Crippen molar-refractivity contribution in [3.8, 4) is 0 Å². The van der Waals surface area contributed by atoms with Crippen LogP contribution in [0.5, 0.6) is 0 Å². The Balaban J connectivity index is 4.40. The molecule has 0 aliphatic carbocycles. The van der Waals surface area contributed by atoms with E-state index in [0.29, 0.717) is 0 Å². The van der Waals surface area contributed by atoms with Crippen LogP contribution in [0.3, 0.4) is 0 Å². The Hall–Kier alpha value is -0.0300. The molecule has 0 atom stereocenters. The summed E-state index contributed by atoms with van der Waals surface area (Å²) >= 11 is 0.970. The maximum atomic E-state index is 12.1. The van der Waals surface area contributed by atoms with Crippen molar-refractivity contribution in [1.82, 2.24) is 0 Å². The molecule has 7 heteroatoms. The van der Waals surface area contributed by atoms with Crippen LogP contribution in [-0.4, -0.2) is 22.9 Å². The van der Waals surface area contributed by atoms with Gasteiger partial charge in [-0.3, -0.25) is 9.97 Å². The lowest BCUT2D eigenvalue weighted by Gasteiger charge is -2.22. The van der Waals surface area contributed by atoms with E-state index >= 15 is 0 Å². The number of hydrogen-bond donors (Lipinski definition) is 2. The van der Waals surface area contributed by atoms with E-state index in [4.69, 9.17) is 20.2 Å². The molecule has 0 aliphatic heterocycles. The third kappa shape index (κ3) is 7.85. The van der Waals surface area contributed by atoms with E-state index in [1.54, 1.807) is 27.7 Å². The van der Waals surface area contributed by atoms with Crippen molar-refractivity contribution in [2.75, 3.05) is 5.49 Å². The van der Waals surface area contributed by atoms with Gasteiger partial charge in [-0.25, -0.2) is 0 Å². The van der Waals surface area contributed by atoms with Crippen LogP contribution in [-0.2, 0) is 13.6 Å². The van der Waals surface area contributed by atoms with Crippen LogP contribution in [0.15, 0.2) is 0 Å². The first kappa shape index (κ1) is 15.0. The van der Waals surface area contributed by atoms with Crippen molar-refractivity contribution >= 4 is 24.5 Å². The van der Waals surface area contributed by atoms with Crippen LogP contribution in [0, 0.1) is 5.41 Å². The van der Waals surface area contributed by atoms with Crippen molar-refractivity contribution in [3.63, 3.8) is 0 Å². The molecule has 5 nitrogen and oxygen atoms in total. The number of nitrogens with one attached hydrogen (secondary N) is 1. The summed E-state index contributed by atoms with van der Waals surface area (Å²) < 4.78 is 22.6. The fourth-order valence-corrected chi connectivity index (χ4v) is 3.89. The van der Waals surface area contributed by atoms with Gasteiger partial charge in [0.2, 0.25) is 0 Å². The molecule has 90 valence electrons. The number of rotatable bonds is 6. The molecular formula is C8H19N2O3PS. The second kappa shape index (κ2) is 6.53. The van der Waals surface area contributed by atoms with Gasteiger partial charge in [-0.1, -0.05) is 11.8 Å². The molecule has 0 amide bonds. The summed E-state index contributed by atoms with van der Waals surface area (Å²) in [4.78, 5) is 0. The summed E-state index contributed by atoms with van der Waals surface area (Å²) in [6, 6.07) is 0. The van der Waals surface area contributed by atoms with Gasteiger partial charge in [0, 0.05) is 0 Å². The van der Waals surface area contributed by atoms with Crippen molar-refractivity contribution in [3.05, 3.63) is 0 Å². The smallest absolute Gasteiger partial charge is 0.341 e. The Morgan fingerprint density at radius 2 is 1.73 bits per heavy atom. The highest BCUT2D eigenvalue weighted by Gasteiger charge is 2.28. The van der Waals surface area contributed by atoms with E-state index in [1.807, 2.05) is 0 Å². The van der Waals surface area contributed by atoms with Gasteiger partial charge in [-0.2, -0.15) is 0 Å². The molecule has 15 heavy (non-hydrogen) atoms. The predicted molar refractivity (Wildman–Crippen MR) is 64.4 cm³/mol. The van der Waals surface area contributed by atoms with Crippen LogP contribution < -0.4 is 5.73 Å². The monoisotopic (exact) mass is 254 g/mol. The quantitative estimate of drug-likeness (QED) is 0.432. The topological polar surface area (TPSA) is 85.4 Å². The molecule has 0 aliphatic rings. The van der Waals surface area contributed by atoms with Crippen molar-refractivity contribution in [1.29, 1.82) is 5.41 Å². The van der Waals surface area contributed by atoms with Crippen molar-refractivity contribution in [2.45, 2.75) is 39.9 Å². The highest BCUT2D eigenvalue weighted by molar-refractivity contribution is 8.17. The van der Waals surface area contributed by atoms with Gasteiger partial charge in [0.05, 0.1) is 12.2 Å². The Bertz CT molecular complexity index is 244. The van der Waals surface area contributed by atoms with Gasteiger partial charge in [0.15, 0.2) is 5.17 Å². The van der Waals surface area contributed by atoms with Crippen LogP contribution >= 0.6 is 19.4 Å². The molecule has 3 N–H and O–H groups in total. The maximum absolute atomic E-state index is 12.1. The number of amidine groups is 1. The summed E-state index contributed by atoms with van der Waals surface area (Å²) in [6.45, 7) is 7.15. The van der Waals surface area contributed by atoms with Gasteiger partial charge < -0.3 is 14.8 Å². The minimum absolute atomic E-state index is 0.0820. The summed E-state index contributed by atoms with van der Waals surface area (Å²) in [7, 11) is -3.14. The molecule has 0 radical (unpaired) electrons. The largest absolute Gasteiger partial charge is 0.379 e. The minimum atomic E-state index is -3.14. The zero-order valence-electron chi connectivity index (χ0n) is 9.52. The van der Waals surface area contributed by atoms with Gasteiger partial charge >= 0.3 is 7.60 Å². The maximum Gasteiger partial charge on any atom is 0.341 e. The molecular weight excluding hydrogens is 235 g/mol. The first-order chi connectivity index (χ1) is 6.75. The molecule has 0 spiro atoms. The third-order valence-electron chi connectivity index (χ3n) is 1.12. The Morgan fingerprint density at radius 1 is 1.33 bits per heavy atom. The summed E-state index contributed by atoms with van der Waals surface area (Å²) in [5.74, 6) is 0. The number of thioether (sulfide) groups is 1. The lowest BCUT2D eigenvalue weighted by atomic mass is 10.5. The highest BCUT2D eigenvalue weighted by atomic mass is 32.2. The normalized spacial score (nSPS) is 12.4. The molecule has 0 saturated carbocycles. The molecule has 0 fully saturated rings. The SMILES string of the molecule is CC(C)OP(=O)(CSC(=N)N)OC(C)C. The zero-order valence-corrected chi connectivity index (χ0v) is 11.2. The summed E-state index contributed by atoms with van der Waals surface area (Å²) in [5, 5.41) is 6.96. The molecule has 0 unspecified atom stereocenters. The Kier molecular flexibility index (Phi) is 6.52. The summed E-state index contributed by atoms with van der Waals surface area (Å²) in [5.41, 5.74) is 5.26. The molecule has 0 bridgehead atoms. The van der Waals surface area contributed by atoms with Crippen LogP contribution in [0.2, 0.25) is 0 Å². The minimum Gasteiger partial charge on any atom is -0.379 e. The van der Waals surface area contributed by atoms with E-state index < -0.39 is 7.60 Å². The lowest BCUT2D eigenvalue weighted by Crippen LogP contribution is -2.11. The second-order valence-corrected chi connectivity index (χ2v) is 6.96. The van der Waals surface area contributed by atoms with Crippen LogP contribution in [0.4, 0.5) is 0 Å². The second-order valence-electron chi connectivity index (χ2n) is 3.56. The van der Waals surface area contributed by atoms with E-state index in [1.165, 1.54) is 0 Å². The molecule has 0 aromatic rings. The lowest BCUT2D eigenvalue weighted by molar-refractivity contribution is 0.145. The van der Waals surface area contributed by atoms with Crippen molar-refractivity contribution < 1.29 is 13.6 Å². The average Bonchev–Trinajstić information content (AvgIpc) is 1.97. The van der Waals surface area contributed by atoms with Crippen LogP contribution in [0.25, 0.3) is 0 Å². The first-order valence-corrected chi connectivity index (χ1v) is 7.39. The Labute approximate surface area is 95.1 Å². The Morgan fingerprint density at radius 3 is 2.00 bits per heavy atom. The fourth-order valence-electron chi connectivity index (χ4n) is 0.877. The molecule has 0 rings (SSSR count). The van der Waals surface area contributed by atoms with Crippen LogP contribution in [0.1, 0.15) is 27.7 Å². The van der Waals surface area contributed by atoms with Crippen molar-refractivity contribution in [2.24, 2.45) is 5.73 Å². The fraction of sp³-hybridized carbons (Fsp3) is 0.875. The van der Waals surface area contributed by atoms with E-state index in [2.05, 4.69) is 0 Å². The van der Waals surface area contributed by atoms with Gasteiger partial charge in [0.1, 0.15) is 5.49 Å². The van der Waals surface area contributed by atoms with E-state index in [-0.39, 0.29) is 22.9 Å². The third-order valence-corrected chi connectivity index (χ3v) is 4.70. The van der Waals surface area contributed by atoms with E-state index in [0.717, 1.165) is 11.8 Å².